The predicted molar refractivity (Wildman–Crippen MR) is 131 cm³/mol. The molecule has 0 fully saturated rings. The van der Waals surface area contributed by atoms with Crippen LogP contribution in [0, 0.1) is 11.3 Å². The first kappa shape index (κ1) is 23.9. The van der Waals surface area contributed by atoms with Crippen LogP contribution in [0.25, 0.3) is 6.08 Å². The van der Waals surface area contributed by atoms with E-state index in [-0.39, 0.29) is 12.2 Å². The molecule has 10 heteroatoms. The number of nitrogens with zero attached hydrogens (tertiary/aromatic N) is 3. The topological polar surface area (TPSA) is 97.1 Å². The lowest BCUT2D eigenvalue weighted by Crippen LogP contribution is -2.13. The first-order chi connectivity index (χ1) is 15.5. The van der Waals surface area contributed by atoms with Gasteiger partial charge in [-0.2, -0.15) is 5.26 Å². The fourth-order valence-electron chi connectivity index (χ4n) is 2.52. The number of carbonyl (C=O) groups excluding carboxylic acids is 1. The van der Waals surface area contributed by atoms with E-state index in [2.05, 4.69) is 47.4 Å². The summed E-state index contributed by atoms with van der Waals surface area (Å²) >= 11 is 8.07. The van der Waals surface area contributed by atoms with Gasteiger partial charge in [0.25, 0.3) is 5.91 Å². The van der Waals surface area contributed by atoms with Gasteiger partial charge in [0, 0.05) is 14.5 Å². The summed E-state index contributed by atoms with van der Waals surface area (Å²) in [6.07, 6.45) is 2.20. The lowest BCUT2D eigenvalue weighted by molar-refractivity contribution is -0.112. The van der Waals surface area contributed by atoms with Crippen molar-refractivity contribution >= 4 is 60.3 Å². The summed E-state index contributed by atoms with van der Waals surface area (Å²) in [7, 11) is 0. The number of nitriles is 1. The molecule has 0 aliphatic carbocycles. The Morgan fingerprint density at radius 3 is 2.53 bits per heavy atom. The molecule has 0 aliphatic heterocycles. The molecular weight excluding hydrogens is 560 g/mol. The third-order valence-electron chi connectivity index (χ3n) is 4.05. The molecular formula is C22H18Br2N4O3S. The predicted octanol–water partition coefficient (Wildman–Crippen LogP) is 5.63. The third-order valence-corrected chi connectivity index (χ3v) is 6.05. The summed E-state index contributed by atoms with van der Waals surface area (Å²) in [5.41, 5.74) is 0.508. The second kappa shape index (κ2) is 11.8. The lowest BCUT2D eigenvalue weighted by atomic mass is 10.1. The van der Waals surface area contributed by atoms with Gasteiger partial charge in [-0.15, -0.1) is 10.2 Å². The van der Waals surface area contributed by atoms with E-state index in [0.717, 1.165) is 26.1 Å². The first-order valence-electron chi connectivity index (χ1n) is 9.54. The number of amides is 1. The van der Waals surface area contributed by atoms with E-state index in [0.29, 0.717) is 23.1 Å². The van der Waals surface area contributed by atoms with Crippen molar-refractivity contribution in [2.45, 2.75) is 13.3 Å². The van der Waals surface area contributed by atoms with Crippen LogP contribution in [0.5, 0.6) is 11.5 Å². The number of hydrogen-bond acceptors (Lipinski definition) is 7. The smallest absolute Gasteiger partial charge is 0.268 e. The molecule has 0 radical (unpaired) electrons. The van der Waals surface area contributed by atoms with Crippen LogP contribution in [0.3, 0.4) is 0 Å². The van der Waals surface area contributed by atoms with Gasteiger partial charge in [0.2, 0.25) is 5.13 Å². The molecule has 3 aromatic rings. The summed E-state index contributed by atoms with van der Waals surface area (Å²) in [6.45, 7) is 2.58. The zero-order valence-corrected chi connectivity index (χ0v) is 21.0. The average Bonchev–Trinajstić information content (AvgIpc) is 3.24. The van der Waals surface area contributed by atoms with Gasteiger partial charge in [-0.1, -0.05) is 50.1 Å². The molecule has 1 amide bonds. The van der Waals surface area contributed by atoms with Gasteiger partial charge in [0.15, 0.2) is 0 Å². The number of nitrogens with one attached hydrogen (secondary N) is 1. The second-order valence-electron chi connectivity index (χ2n) is 6.31. The number of halogens is 2. The SMILES string of the molecule is CCc1nnc(NC(=O)C(C#N)=Cc2cc(Br)ccc2OCCOc2ccc(Br)cc2)s1. The van der Waals surface area contributed by atoms with Crippen molar-refractivity contribution < 1.29 is 14.3 Å². The standard InChI is InChI=1S/C22H18Br2N4O3S/c1-2-20-27-28-22(32-20)26-21(29)15(13-25)11-14-12-17(24)5-8-19(14)31-10-9-30-18-6-3-16(23)4-7-18/h3-8,11-12H,2,9-10H2,1H3,(H,26,28,29). The maximum atomic E-state index is 12.5. The van der Waals surface area contributed by atoms with Gasteiger partial charge in [-0.25, -0.2) is 0 Å². The molecule has 32 heavy (non-hydrogen) atoms. The Bertz CT molecular complexity index is 1160. The minimum Gasteiger partial charge on any atom is -0.490 e. The van der Waals surface area contributed by atoms with E-state index < -0.39 is 5.91 Å². The molecule has 0 atom stereocenters. The quantitative estimate of drug-likeness (QED) is 0.201. The Labute approximate surface area is 206 Å². The highest BCUT2D eigenvalue weighted by Gasteiger charge is 2.14. The number of rotatable bonds is 9. The van der Waals surface area contributed by atoms with Crippen LogP contribution in [0.4, 0.5) is 5.13 Å². The van der Waals surface area contributed by atoms with Gasteiger partial charge >= 0.3 is 0 Å². The monoisotopic (exact) mass is 576 g/mol. The van der Waals surface area contributed by atoms with Crippen molar-refractivity contribution in [3.05, 3.63) is 67.6 Å². The number of anilines is 1. The molecule has 2 aromatic carbocycles. The second-order valence-corrected chi connectivity index (χ2v) is 9.20. The summed E-state index contributed by atoms with van der Waals surface area (Å²) in [6, 6.07) is 14.8. The number of carbonyl (C=O) groups is 1. The van der Waals surface area contributed by atoms with Crippen LogP contribution in [0.1, 0.15) is 17.5 Å². The molecule has 0 saturated carbocycles. The van der Waals surface area contributed by atoms with Crippen molar-refractivity contribution in [1.29, 1.82) is 5.26 Å². The van der Waals surface area contributed by atoms with Crippen LogP contribution < -0.4 is 14.8 Å². The Kier molecular flexibility index (Phi) is 8.79. The van der Waals surface area contributed by atoms with Crippen LogP contribution in [-0.4, -0.2) is 29.3 Å². The zero-order valence-electron chi connectivity index (χ0n) is 17.0. The molecule has 1 aromatic heterocycles. The Balaban J connectivity index is 1.67. The minimum absolute atomic E-state index is 0.0766. The summed E-state index contributed by atoms with van der Waals surface area (Å²) in [5, 5.41) is 21.2. The van der Waals surface area contributed by atoms with Crippen molar-refractivity contribution in [2.75, 3.05) is 18.5 Å². The zero-order chi connectivity index (χ0) is 22.9. The van der Waals surface area contributed by atoms with Crippen LogP contribution in [-0.2, 0) is 11.2 Å². The van der Waals surface area contributed by atoms with E-state index in [4.69, 9.17) is 9.47 Å². The van der Waals surface area contributed by atoms with Crippen molar-refractivity contribution in [2.24, 2.45) is 0 Å². The summed E-state index contributed by atoms with van der Waals surface area (Å²) in [4.78, 5) is 12.5. The minimum atomic E-state index is -0.559. The molecule has 0 aliphatic rings. The number of aryl methyl sites for hydroxylation is 1. The highest BCUT2D eigenvalue weighted by molar-refractivity contribution is 9.10. The molecule has 0 bridgehead atoms. The lowest BCUT2D eigenvalue weighted by Gasteiger charge is -2.11. The van der Waals surface area contributed by atoms with Crippen molar-refractivity contribution in [1.82, 2.24) is 10.2 Å². The van der Waals surface area contributed by atoms with Crippen LogP contribution in [0.15, 0.2) is 57.0 Å². The highest BCUT2D eigenvalue weighted by atomic mass is 79.9. The molecule has 3 rings (SSSR count). The largest absolute Gasteiger partial charge is 0.490 e. The van der Waals surface area contributed by atoms with E-state index in [1.165, 1.54) is 17.4 Å². The van der Waals surface area contributed by atoms with Gasteiger partial charge in [-0.05, 0) is 55.0 Å². The van der Waals surface area contributed by atoms with Gasteiger partial charge < -0.3 is 9.47 Å². The number of benzene rings is 2. The summed E-state index contributed by atoms with van der Waals surface area (Å²) in [5.74, 6) is 0.701. The Morgan fingerprint density at radius 1 is 1.12 bits per heavy atom. The maximum absolute atomic E-state index is 12.5. The van der Waals surface area contributed by atoms with E-state index in [1.54, 1.807) is 12.1 Å². The van der Waals surface area contributed by atoms with E-state index >= 15 is 0 Å². The van der Waals surface area contributed by atoms with Gasteiger partial charge in [0.1, 0.15) is 41.4 Å². The fourth-order valence-corrected chi connectivity index (χ4v) is 3.84. The normalized spacial score (nSPS) is 11.0. The van der Waals surface area contributed by atoms with Crippen LogP contribution in [0.2, 0.25) is 0 Å². The van der Waals surface area contributed by atoms with Crippen molar-refractivity contribution in [3.8, 4) is 17.6 Å². The molecule has 0 spiro atoms. The Morgan fingerprint density at radius 2 is 1.84 bits per heavy atom. The van der Waals surface area contributed by atoms with Gasteiger partial charge in [0.05, 0.1) is 0 Å². The molecule has 1 heterocycles. The van der Waals surface area contributed by atoms with Crippen molar-refractivity contribution in [3.63, 3.8) is 0 Å². The first-order valence-corrected chi connectivity index (χ1v) is 11.9. The fraction of sp³-hybridized carbons (Fsp3) is 0.182. The molecule has 1 N–H and O–H groups in total. The van der Waals surface area contributed by atoms with Gasteiger partial charge in [-0.3, -0.25) is 10.1 Å². The third kappa shape index (κ3) is 6.88. The molecule has 0 saturated heterocycles. The Hall–Kier alpha value is -2.74. The molecule has 7 nitrogen and oxygen atoms in total. The molecule has 0 unspecified atom stereocenters. The number of hydrogen-bond donors (Lipinski definition) is 1. The number of aromatic nitrogens is 2. The molecule has 164 valence electrons. The van der Waals surface area contributed by atoms with Crippen LogP contribution >= 0.6 is 43.2 Å². The highest BCUT2D eigenvalue weighted by Crippen LogP contribution is 2.26. The summed E-state index contributed by atoms with van der Waals surface area (Å²) < 4.78 is 13.3. The maximum Gasteiger partial charge on any atom is 0.268 e. The average molecular weight is 578 g/mol. The number of ether oxygens (including phenoxy) is 2. The van der Waals surface area contributed by atoms with E-state index in [1.807, 2.05) is 43.3 Å². The van der Waals surface area contributed by atoms with E-state index in [9.17, 15) is 10.1 Å².